The van der Waals surface area contributed by atoms with E-state index in [1.807, 2.05) is 0 Å². The Kier molecular flexibility index (Phi) is 7.15. The highest BCUT2D eigenvalue weighted by Gasteiger charge is 2.50. The normalized spacial score (nSPS) is 29.4. The van der Waals surface area contributed by atoms with E-state index in [9.17, 15) is 44.4 Å². The van der Waals surface area contributed by atoms with Crippen molar-refractivity contribution in [1.82, 2.24) is 5.54 Å². The van der Waals surface area contributed by atoms with Crippen LogP contribution in [0.1, 0.15) is 68.8 Å². The monoisotopic (exact) mass is 561 g/mol. The third-order valence-corrected chi connectivity index (χ3v) is 7.90. The van der Waals surface area contributed by atoms with Gasteiger partial charge in [0, 0.05) is 36.0 Å². The van der Waals surface area contributed by atoms with Gasteiger partial charge in [0.2, 0.25) is 5.78 Å². The van der Waals surface area contributed by atoms with E-state index in [1.165, 1.54) is 37.8 Å². The third-order valence-electron chi connectivity index (χ3n) is 7.90. The summed E-state index contributed by atoms with van der Waals surface area (Å²) in [5.41, 5.74) is -2.48. The van der Waals surface area contributed by atoms with Crippen molar-refractivity contribution in [1.29, 1.82) is 0 Å². The molecule has 0 saturated carbocycles. The van der Waals surface area contributed by atoms with Crippen molar-refractivity contribution < 1.29 is 58.6 Å². The summed E-state index contributed by atoms with van der Waals surface area (Å²) < 4.78 is 30.2. The van der Waals surface area contributed by atoms with E-state index < -0.39 is 95.7 Å². The summed E-state index contributed by atoms with van der Waals surface area (Å²) in [4.78, 5) is 39.8. The Morgan fingerprint density at radius 2 is 1.88 bits per heavy atom. The fourth-order valence-corrected chi connectivity index (χ4v) is 5.82. The van der Waals surface area contributed by atoms with Crippen molar-refractivity contribution in [2.45, 2.75) is 62.4 Å². The molecule has 40 heavy (non-hydrogen) atoms. The standard InChI is InChI=1S/C27H28FNO11/c1-10-22(32)13(29-28)6-17(39-10)40-15-8-27(37,16(31)9-30)7-12-19(15)26(36)21-20(24(12)34)23(33)11-4-3-5-14(38-2)18(11)25(21)35/h3-5,10,13,15,17,22,29-30,32,34,36-37H,6-9H2,1-2H3/t10-,13-,15+,17+,22+,27+/m1/s1. The average molecular weight is 562 g/mol. The Morgan fingerprint density at radius 3 is 2.52 bits per heavy atom. The van der Waals surface area contributed by atoms with Crippen LogP contribution in [0.5, 0.6) is 17.2 Å². The molecule has 3 aliphatic rings. The summed E-state index contributed by atoms with van der Waals surface area (Å²) in [6.45, 7) is 0.414. The van der Waals surface area contributed by atoms with Crippen LogP contribution in [-0.2, 0) is 20.7 Å². The van der Waals surface area contributed by atoms with Crippen molar-refractivity contribution in [2.75, 3.05) is 13.7 Å². The molecule has 0 unspecified atom stereocenters. The maximum absolute atomic E-state index is 13.6. The van der Waals surface area contributed by atoms with Gasteiger partial charge in [0.25, 0.3) is 0 Å². The van der Waals surface area contributed by atoms with Gasteiger partial charge in [0.1, 0.15) is 29.5 Å². The van der Waals surface area contributed by atoms with Crippen molar-refractivity contribution in [3.8, 4) is 17.2 Å². The van der Waals surface area contributed by atoms with Crippen LogP contribution in [0.4, 0.5) is 4.48 Å². The Balaban J connectivity index is 1.68. The number of hydrogen-bond acceptors (Lipinski definition) is 12. The lowest BCUT2D eigenvalue weighted by molar-refractivity contribution is -0.253. The number of Topliss-reactive ketones (excluding diaryl/α,β-unsaturated/α-hetero) is 1. The molecule has 12 nitrogen and oxygen atoms in total. The van der Waals surface area contributed by atoms with Gasteiger partial charge in [0.05, 0.1) is 48.2 Å². The summed E-state index contributed by atoms with van der Waals surface area (Å²) in [7, 11) is 1.30. The van der Waals surface area contributed by atoms with E-state index in [2.05, 4.69) is 0 Å². The number of phenolic OH excluding ortho intramolecular Hbond substituents is 2. The second-order valence-corrected chi connectivity index (χ2v) is 10.2. The predicted molar refractivity (Wildman–Crippen MR) is 132 cm³/mol. The van der Waals surface area contributed by atoms with Crippen LogP contribution in [0.2, 0.25) is 0 Å². The van der Waals surface area contributed by atoms with Gasteiger partial charge in [-0.25, -0.2) is 0 Å². The zero-order valence-corrected chi connectivity index (χ0v) is 21.5. The lowest BCUT2D eigenvalue weighted by Gasteiger charge is -2.42. The van der Waals surface area contributed by atoms with Crippen molar-refractivity contribution in [2.24, 2.45) is 0 Å². The molecule has 0 aromatic heterocycles. The molecule has 2 aromatic carbocycles. The molecule has 1 aliphatic heterocycles. The topological polar surface area (TPSA) is 192 Å². The third kappa shape index (κ3) is 4.17. The number of ether oxygens (including phenoxy) is 3. The molecule has 0 bridgehead atoms. The van der Waals surface area contributed by atoms with Gasteiger partial charge in [-0.2, -0.15) is 5.54 Å². The maximum Gasteiger partial charge on any atom is 0.202 e. The smallest absolute Gasteiger partial charge is 0.202 e. The number of phenols is 2. The molecule has 6 N–H and O–H groups in total. The second kappa shape index (κ2) is 10.2. The molecule has 1 fully saturated rings. The Labute approximate surface area is 226 Å². The van der Waals surface area contributed by atoms with Crippen LogP contribution in [0.3, 0.4) is 0 Å². The van der Waals surface area contributed by atoms with Crippen LogP contribution in [0.25, 0.3) is 0 Å². The lowest BCUT2D eigenvalue weighted by atomic mass is 9.72. The number of halogens is 1. The van der Waals surface area contributed by atoms with Gasteiger partial charge in [-0.1, -0.05) is 12.1 Å². The van der Waals surface area contributed by atoms with Crippen LogP contribution in [0.15, 0.2) is 18.2 Å². The van der Waals surface area contributed by atoms with Gasteiger partial charge in [-0.3, -0.25) is 14.4 Å². The number of aromatic hydroxyl groups is 2. The van der Waals surface area contributed by atoms with Gasteiger partial charge in [-0.05, 0) is 13.0 Å². The lowest BCUT2D eigenvalue weighted by Crippen LogP contribution is -2.53. The van der Waals surface area contributed by atoms with Crippen LogP contribution in [0, 0.1) is 0 Å². The molecule has 0 amide bonds. The molecule has 214 valence electrons. The number of methoxy groups -OCH3 is 1. The number of aliphatic hydroxyl groups is 3. The summed E-state index contributed by atoms with van der Waals surface area (Å²) in [6, 6.07) is 3.21. The zero-order valence-electron chi connectivity index (χ0n) is 21.5. The summed E-state index contributed by atoms with van der Waals surface area (Å²) in [5.74, 6) is -4.02. The van der Waals surface area contributed by atoms with Gasteiger partial charge < -0.3 is 39.7 Å². The number of carbonyl (C=O) groups excluding carboxylic acids is 3. The van der Waals surface area contributed by atoms with Crippen LogP contribution in [-0.4, -0.2) is 86.7 Å². The minimum atomic E-state index is -2.30. The molecule has 2 aliphatic carbocycles. The van der Waals surface area contributed by atoms with E-state index >= 15 is 0 Å². The summed E-state index contributed by atoms with van der Waals surface area (Å²) in [5, 5.41) is 53.7. The van der Waals surface area contributed by atoms with E-state index in [0.29, 0.717) is 0 Å². The number of rotatable bonds is 6. The molecule has 6 atom stereocenters. The van der Waals surface area contributed by atoms with Crippen molar-refractivity contribution in [3.05, 3.63) is 51.6 Å². The number of ketones is 3. The minimum Gasteiger partial charge on any atom is -0.507 e. The molecule has 2 aromatic rings. The molecule has 0 radical (unpaired) electrons. The van der Waals surface area contributed by atoms with E-state index in [-0.39, 0.29) is 34.4 Å². The molecule has 1 saturated heterocycles. The van der Waals surface area contributed by atoms with E-state index in [1.54, 1.807) is 0 Å². The first-order chi connectivity index (χ1) is 19.0. The number of fused-ring (bicyclic) bond motifs is 3. The van der Waals surface area contributed by atoms with Crippen LogP contribution < -0.4 is 10.3 Å². The minimum absolute atomic E-state index is 0.0711. The fourth-order valence-electron chi connectivity index (χ4n) is 5.82. The average Bonchev–Trinajstić information content (AvgIpc) is 2.94. The Morgan fingerprint density at radius 1 is 1.18 bits per heavy atom. The number of hydrogen-bond donors (Lipinski definition) is 6. The fraction of sp³-hybridized carbons (Fsp3) is 0.444. The molecule has 5 rings (SSSR count). The maximum atomic E-state index is 13.6. The Hall–Kier alpha value is -3.46. The van der Waals surface area contributed by atoms with Gasteiger partial charge >= 0.3 is 0 Å². The quantitative estimate of drug-likeness (QED) is 0.181. The molecular formula is C27H28FNO11. The van der Waals surface area contributed by atoms with E-state index in [0.717, 1.165) is 0 Å². The highest BCUT2D eigenvalue weighted by Crippen LogP contribution is 2.52. The second-order valence-electron chi connectivity index (χ2n) is 10.2. The molecule has 13 heteroatoms. The predicted octanol–water partition coefficient (Wildman–Crippen LogP) is 0.517. The van der Waals surface area contributed by atoms with E-state index in [4.69, 9.17) is 14.2 Å². The highest BCUT2D eigenvalue weighted by atomic mass is 19.2. The summed E-state index contributed by atoms with van der Waals surface area (Å²) in [6.07, 6.45) is -6.17. The van der Waals surface area contributed by atoms with Gasteiger partial charge in [-0.15, -0.1) is 4.48 Å². The number of aliphatic hydroxyl groups excluding tert-OH is 2. The summed E-state index contributed by atoms with van der Waals surface area (Å²) >= 11 is 0. The molecule has 1 heterocycles. The Bertz CT molecular complexity index is 1410. The first-order valence-electron chi connectivity index (χ1n) is 12.6. The van der Waals surface area contributed by atoms with Crippen molar-refractivity contribution >= 4 is 17.3 Å². The number of nitrogens with one attached hydrogen (secondary N) is 1. The highest BCUT2D eigenvalue weighted by molar-refractivity contribution is 6.31. The first kappa shape index (κ1) is 28.1. The SMILES string of the molecule is COc1cccc2c1C(=O)c1c(O)c3c(c(O)c1C2=O)C[C@@](O)(C(=O)CO)C[C@@H]3O[C@H]1C[C@@H](NF)[C@@H](O)[C@@H](C)O1. The number of carbonyl (C=O) groups is 3. The van der Waals surface area contributed by atoms with Crippen molar-refractivity contribution in [3.63, 3.8) is 0 Å². The largest absolute Gasteiger partial charge is 0.507 e. The van der Waals surface area contributed by atoms with Crippen LogP contribution >= 0.6 is 0 Å². The molecular weight excluding hydrogens is 533 g/mol. The zero-order chi connectivity index (χ0) is 29.1. The first-order valence-corrected chi connectivity index (χ1v) is 12.6. The molecule has 0 spiro atoms. The van der Waals surface area contributed by atoms with Gasteiger partial charge in [0.15, 0.2) is 17.9 Å². The number of benzene rings is 2.